The lowest BCUT2D eigenvalue weighted by atomic mass is 11.2. The number of nitrogens with zero attached hydrogens (tertiary/aromatic N) is 1. The van der Waals surface area contributed by atoms with Crippen LogP contribution in [0.3, 0.4) is 0 Å². The zero-order chi connectivity index (χ0) is 4.28. The van der Waals surface area contributed by atoms with Gasteiger partial charge in [0.15, 0.2) is 0 Å². The second-order valence-electron chi connectivity index (χ2n) is 0.757. The van der Waals surface area contributed by atoms with Crippen molar-refractivity contribution >= 4 is 0 Å². The van der Waals surface area contributed by atoms with E-state index >= 15 is 0 Å². The Morgan fingerprint density at radius 2 is 2.50 bits per heavy atom. The van der Waals surface area contributed by atoms with E-state index in [0.717, 1.165) is 0 Å². The molecule has 0 atom stereocenters. The van der Waals surface area contributed by atoms with Crippen LogP contribution in [0.5, 0.6) is 0 Å². The van der Waals surface area contributed by atoms with Crippen LogP contribution in [0.4, 0.5) is 0 Å². The summed E-state index contributed by atoms with van der Waals surface area (Å²) in [7, 11) is 1.81. The molecule has 0 saturated heterocycles. The van der Waals surface area contributed by atoms with Gasteiger partial charge < -0.3 is 0 Å². The van der Waals surface area contributed by atoms with E-state index < -0.39 is 0 Å². The minimum Gasteiger partial charge on any atom is -0.269 e. The van der Waals surface area contributed by atoms with Gasteiger partial charge in [-0.3, -0.25) is 10.9 Å². The summed E-state index contributed by atoms with van der Waals surface area (Å²) in [5, 5.41) is 1.29. The largest absolute Gasteiger partial charge is 0.269 e. The van der Waals surface area contributed by atoms with Crippen molar-refractivity contribution in [1.29, 1.82) is 0 Å². The molecule has 2 N–H and O–H groups in total. The first kappa shape index (κ1) is 2.18. The van der Waals surface area contributed by atoms with Crippen LogP contribution in [0.2, 0.25) is 0 Å². The minimum absolute atomic E-state index is 0.167. The van der Waals surface area contributed by atoms with Crippen molar-refractivity contribution in [3.63, 3.8) is 0 Å². The molecule has 0 spiro atoms. The zero-order valence-electron chi connectivity index (χ0n) is 3.73. The summed E-state index contributed by atoms with van der Waals surface area (Å²) >= 11 is 0. The predicted molar refractivity (Wildman–Crippen MR) is 17.9 cm³/mol. The van der Waals surface area contributed by atoms with E-state index in [9.17, 15) is 0 Å². The summed E-state index contributed by atoms with van der Waals surface area (Å²) in [5.74, 6) is 4.94. The van der Waals surface area contributed by atoms with Gasteiger partial charge in [-0.05, 0) is 0 Å². The van der Waals surface area contributed by atoms with E-state index in [1.54, 1.807) is 7.05 Å². The second kappa shape index (κ2) is 1.26. The quantitative estimate of drug-likeness (QED) is 0.300. The zero-order valence-corrected chi connectivity index (χ0v) is 2.73. The van der Waals surface area contributed by atoms with Crippen molar-refractivity contribution < 1.29 is 1.37 Å². The van der Waals surface area contributed by atoms with E-state index in [2.05, 4.69) is 0 Å². The van der Waals surface area contributed by atoms with Crippen molar-refractivity contribution in [1.82, 2.24) is 5.01 Å². The fourth-order valence-electron chi connectivity index (χ4n) is 0. The lowest BCUT2D eigenvalue weighted by molar-refractivity contribution is 0.432. The highest BCUT2D eigenvalue weighted by atomic mass is 15.4. The number of rotatable bonds is 0. The predicted octanol–water partition coefficient (Wildman–Crippen LogP) is -0.578. The van der Waals surface area contributed by atoms with Gasteiger partial charge in [-0.25, -0.2) is 0 Å². The molecule has 0 aromatic carbocycles. The van der Waals surface area contributed by atoms with Gasteiger partial charge in [-0.15, -0.1) is 0 Å². The SMILES string of the molecule is [2H]CN(C)N. The first-order valence-corrected chi connectivity index (χ1v) is 1.02. The topological polar surface area (TPSA) is 29.3 Å². The van der Waals surface area contributed by atoms with Crippen molar-refractivity contribution in [2.75, 3.05) is 14.1 Å². The highest BCUT2D eigenvalue weighted by Crippen LogP contribution is 1.37. The van der Waals surface area contributed by atoms with Gasteiger partial charge in [0.2, 0.25) is 0 Å². The third-order valence-corrected chi connectivity index (χ3v) is 0. The normalized spacial score (nSPS) is 12.2. The van der Waals surface area contributed by atoms with Crippen LogP contribution in [-0.4, -0.2) is 19.1 Å². The van der Waals surface area contributed by atoms with E-state index in [1.165, 1.54) is 5.01 Å². The Morgan fingerprint density at radius 3 is 2.50 bits per heavy atom. The molecule has 0 radical (unpaired) electrons. The molecule has 0 fully saturated rings. The molecule has 0 amide bonds. The Kier molecular flexibility index (Phi) is 0.686. The molecule has 4 heavy (non-hydrogen) atoms. The summed E-state index contributed by atoms with van der Waals surface area (Å²) < 4.78 is 6.46. The maximum Gasteiger partial charge on any atom is 0.0409 e. The molecule has 26 valence electrons. The lowest BCUT2D eigenvalue weighted by Gasteiger charge is -1.91. The molecule has 0 aromatic heterocycles. The van der Waals surface area contributed by atoms with Crippen molar-refractivity contribution in [3.8, 4) is 0 Å². The maximum atomic E-state index is 6.46. The van der Waals surface area contributed by atoms with Crippen molar-refractivity contribution in [3.05, 3.63) is 0 Å². The average Bonchev–Trinajstić information content (AvgIpc) is 1.38. The van der Waals surface area contributed by atoms with Gasteiger partial charge in [0.25, 0.3) is 0 Å². The Morgan fingerprint density at radius 1 is 2.25 bits per heavy atom. The molecule has 2 heteroatoms. The van der Waals surface area contributed by atoms with Crippen LogP contribution in [0.25, 0.3) is 0 Å². The fraction of sp³-hybridized carbons (Fsp3) is 1.00. The van der Waals surface area contributed by atoms with Crippen LogP contribution >= 0.6 is 0 Å². The minimum atomic E-state index is 0.167. The Hall–Kier alpha value is -0.0800. The Bertz CT molecular complexity index is 21.6. The van der Waals surface area contributed by atoms with Gasteiger partial charge in [-0.1, -0.05) is 0 Å². The van der Waals surface area contributed by atoms with Gasteiger partial charge in [0.1, 0.15) is 0 Å². The summed E-state index contributed by atoms with van der Waals surface area (Å²) in [6.45, 7) is 0. The van der Waals surface area contributed by atoms with E-state index in [-0.39, 0.29) is 7.02 Å². The highest BCUT2D eigenvalue weighted by molar-refractivity contribution is 4.01. The summed E-state index contributed by atoms with van der Waals surface area (Å²) in [4.78, 5) is 0. The maximum absolute atomic E-state index is 6.46. The van der Waals surface area contributed by atoms with E-state index in [0.29, 0.717) is 0 Å². The summed E-state index contributed by atoms with van der Waals surface area (Å²) in [5.41, 5.74) is 0. The smallest absolute Gasteiger partial charge is 0.0409 e. The van der Waals surface area contributed by atoms with Gasteiger partial charge in [0.05, 0.1) is 0 Å². The third kappa shape index (κ3) is 254. The number of hydrogen-bond donors (Lipinski definition) is 1. The van der Waals surface area contributed by atoms with Crippen LogP contribution < -0.4 is 5.84 Å². The molecule has 2 nitrogen and oxygen atoms in total. The molecule has 0 saturated carbocycles. The first-order valence-electron chi connectivity index (χ1n) is 1.73. The second-order valence-corrected chi connectivity index (χ2v) is 0.757. The Balaban J connectivity index is 2.54. The molecule has 0 aliphatic heterocycles. The molecule has 0 aliphatic carbocycles. The summed E-state index contributed by atoms with van der Waals surface area (Å²) in [6.07, 6.45) is 0. The molecule has 0 rings (SSSR count). The van der Waals surface area contributed by atoms with Crippen LogP contribution in [0.15, 0.2) is 0 Å². The van der Waals surface area contributed by atoms with E-state index in [1.807, 2.05) is 0 Å². The number of hydrazine groups is 1. The number of nitrogens with two attached hydrogens (primary N) is 1. The average molecular weight is 61.1 g/mol. The van der Waals surface area contributed by atoms with Gasteiger partial charge >= 0.3 is 0 Å². The van der Waals surface area contributed by atoms with Gasteiger partial charge in [-0.2, -0.15) is 0 Å². The molecule has 0 unspecified atom stereocenters. The number of hydrogen-bond acceptors (Lipinski definition) is 2. The fourth-order valence-corrected chi connectivity index (χ4v) is 0. The first-order chi connectivity index (χ1) is 2.27. The summed E-state index contributed by atoms with van der Waals surface area (Å²) in [6, 6.07) is 0. The van der Waals surface area contributed by atoms with Crippen molar-refractivity contribution in [2.45, 2.75) is 0 Å². The monoisotopic (exact) mass is 61.1 g/mol. The van der Waals surface area contributed by atoms with Gasteiger partial charge in [0, 0.05) is 15.4 Å². The molecule has 0 aromatic rings. The van der Waals surface area contributed by atoms with Crippen molar-refractivity contribution in [2.24, 2.45) is 5.84 Å². The van der Waals surface area contributed by atoms with E-state index in [4.69, 9.17) is 7.21 Å². The molecule has 0 bridgehead atoms. The highest BCUT2D eigenvalue weighted by Gasteiger charge is 1.57. The standard InChI is InChI=1S/C2H8N2/c1-4(2)3/h3H2,1-2H3/i1D. The molecule has 0 heterocycles. The lowest BCUT2D eigenvalue weighted by Crippen LogP contribution is -2.18. The van der Waals surface area contributed by atoms with Crippen LogP contribution in [-0.2, 0) is 0 Å². The third-order valence-electron chi connectivity index (χ3n) is 0. The molecule has 0 aliphatic rings. The Labute approximate surface area is 27.6 Å². The molecular weight excluding hydrogens is 52.0 g/mol. The van der Waals surface area contributed by atoms with Crippen LogP contribution in [0.1, 0.15) is 1.37 Å². The van der Waals surface area contributed by atoms with Crippen LogP contribution in [0, 0.1) is 0 Å². The molecular formula is C2H8N2.